The number of hydrogen-bond acceptors (Lipinski definition) is 3. The molecule has 8 heteroatoms. The highest BCUT2D eigenvalue weighted by atomic mass is 35.5. The fraction of sp³-hybridized carbons (Fsp3) is 0.278. The number of hydrogen-bond donors (Lipinski definition) is 1. The Morgan fingerprint density at radius 3 is 2.35 bits per heavy atom. The van der Waals surface area contributed by atoms with Crippen LogP contribution < -0.4 is 9.62 Å². The number of benzene rings is 2. The molecule has 0 radical (unpaired) electrons. The molecule has 0 bridgehead atoms. The zero-order valence-electron chi connectivity index (χ0n) is 14.4. The molecule has 26 heavy (non-hydrogen) atoms. The second kappa shape index (κ2) is 8.75. The molecule has 0 aliphatic heterocycles. The van der Waals surface area contributed by atoms with Crippen LogP contribution in [0.5, 0.6) is 0 Å². The van der Waals surface area contributed by atoms with Crippen molar-refractivity contribution in [1.29, 1.82) is 0 Å². The summed E-state index contributed by atoms with van der Waals surface area (Å²) in [4.78, 5) is 12.5. The molecule has 5 nitrogen and oxygen atoms in total. The summed E-state index contributed by atoms with van der Waals surface area (Å²) in [5.74, 6) is -0.419. The summed E-state index contributed by atoms with van der Waals surface area (Å²) in [6.45, 7) is 1.58. The minimum Gasteiger partial charge on any atom is -0.348 e. The van der Waals surface area contributed by atoms with Crippen LogP contribution >= 0.6 is 23.2 Å². The van der Waals surface area contributed by atoms with Gasteiger partial charge in [-0.15, -0.1) is 0 Å². The zero-order chi connectivity index (χ0) is 19.3. The number of anilines is 1. The van der Waals surface area contributed by atoms with Gasteiger partial charge in [0.1, 0.15) is 6.54 Å². The number of sulfonamides is 1. The van der Waals surface area contributed by atoms with Gasteiger partial charge in [-0.25, -0.2) is 8.42 Å². The highest BCUT2D eigenvalue weighted by Gasteiger charge is 2.24. The van der Waals surface area contributed by atoms with E-state index in [2.05, 4.69) is 5.32 Å². The third kappa shape index (κ3) is 5.37. The van der Waals surface area contributed by atoms with E-state index < -0.39 is 15.9 Å². The quantitative estimate of drug-likeness (QED) is 0.743. The predicted octanol–water partition coefficient (Wildman–Crippen LogP) is 4.03. The molecule has 1 N–H and O–H groups in total. The van der Waals surface area contributed by atoms with Crippen molar-refractivity contribution in [2.75, 3.05) is 17.1 Å². The second-order valence-corrected chi connectivity index (χ2v) is 8.55. The van der Waals surface area contributed by atoms with Gasteiger partial charge in [-0.3, -0.25) is 9.10 Å². The maximum atomic E-state index is 12.5. The van der Waals surface area contributed by atoms with Crippen LogP contribution in [-0.4, -0.2) is 27.1 Å². The van der Waals surface area contributed by atoms with Crippen LogP contribution in [0.4, 0.5) is 5.69 Å². The first-order valence-corrected chi connectivity index (χ1v) is 10.6. The van der Waals surface area contributed by atoms with Crippen molar-refractivity contribution in [1.82, 2.24) is 5.32 Å². The largest absolute Gasteiger partial charge is 0.348 e. The van der Waals surface area contributed by atoms with Gasteiger partial charge in [0.2, 0.25) is 15.9 Å². The molecule has 0 heterocycles. The molecule has 0 fully saturated rings. The molecule has 140 valence electrons. The monoisotopic (exact) mass is 414 g/mol. The highest BCUT2D eigenvalue weighted by molar-refractivity contribution is 7.92. The van der Waals surface area contributed by atoms with Crippen molar-refractivity contribution in [3.8, 4) is 0 Å². The lowest BCUT2D eigenvalue weighted by Crippen LogP contribution is -2.41. The van der Waals surface area contributed by atoms with Crippen molar-refractivity contribution >= 4 is 44.8 Å². The Hall–Kier alpha value is -1.76. The van der Waals surface area contributed by atoms with Crippen LogP contribution in [0.1, 0.15) is 24.9 Å². The van der Waals surface area contributed by atoms with E-state index in [1.165, 1.54) is 18.2 Å². The maximum absolute atomic E-state index is 12.5. The van der Waals surface area contributed by atoms with Crippen LogP contribution in [0, 0.1) is 0 Å². The van der Waals surface area contributed by atoms with Gasteiger partial charge in [0, 0.05) is 5.02 Å². The van der Waals surface area contributed by atoms with Gasteiger partial charge < -0.3 is 5.32 Å². The molecule has 0 spiro atoms. The molecule has 2 aromatic carbocycles. The van der Waals surface area contributed by atoms with Crippen molar-refractivity contribution in [3.05, 3.63) is 64.1 Å². The van der Waals surface area contributed by atoms with E-state index in [1.807, 2.05) is 37.3 Å². The molecule has 0 aromatic heterocycles. The SMILES string of the molecule is CC[C@H](NC(=O)CN(c1ccc(Cl)cc1Cl)S(C)(=O)=O)c1ccccc1. The number of carbonyl (C=O) groups excluding carboxylic acids is 1. The molecule has 0 aliphatic carbocycles. The Bertz CT molecular complexity index is 873. The summed E-state index contributed by atoms with van der Waals surface area (Å²) in [6.07, 6.45) is 1.70. The first kappa shape index (κ1) is 20.6. The number of nitrogens with one attached hydrogen (secondary N) is 1. The van der Waals surface area contributed by atoms with Gasteiger partial charge in [0.25, 0.3) is 0 Å². The van der Waals surface area contributed by atoms with E-state index in [0.717, 1.165) is 16.1 Å². The van der Waals surface area contributed by atoms with Gasteiger partial charge in [0.15, 0.2) is 0 Å². The molecular weight excluding hydrogens is 395 g/mol. The van der Waals surface area contributed by atoms with Gasteiger partial charge in [-0.2, -0.15) is 0 Å². The van der Waals surface area contributed by atoms with Crippen molar-refractivity contribution in [2.24, 2.45) is 0 Å². The number of nitrogens with zero attached hydrogens (tertiary/aromatic N) is 1. The van der Waals surface area contributed by atoms with E-state index in [-0.39, 0.29) is 23.3 Å². The molecule has 1 amide bonds. The number of halogens is 2. The zero-order valence-corrected chi connectivity index (χ0v) is 16.8. The fourth-order valence-electron chi connectivity index (χ4n) is 2.54. The molecule has 0 saturated carbocycles. The lowest BCUT2D eigenvalue weighted by molar-refractivity contribution is -0.120. The number of rotatable bonds is 7. The third-order valence-corrected chi connectivity index (χ3v) is 5.48. The van der Waals surface area contributed by atoms with Crippen LogP contribution in [0.2, 0.25) is 10.0 Å². The average molecular weight is 415 g/mol. The van der Waals surface area contributed by atoms with Crippen LogP contribution in [0.3, 0.4) is 0 Å². The first-order valence-electron chi connectivity index (χ1n) is 7.99. The van der Waals surface area contributed by atoms with Crippen molar-refractivity contribution in [2.45, 2.75) is 19.4 Å². The van der Waals surface area contributed by atoms with Gasteiger partial charge in [-0.05, 0) is 30.2 Å². The fourth-order valence-corrected chi connectivity index (χ4v) is 3.97. The van der Waals surface area contributed by atoms with Crippen molar-refractivity contribution < 1.29 is 13.2 Å². The van der Waals surface area contributed by atoms with Gasteiger partial charge >= 0.3 is 0 Å². The molecule has 2 rings (SSSR count). The summed E-state index contributed by atoms with van der Waals surface area (Å²) in [6, 6.07) is 13.7. The molecule has 1 atom stereocenters. The summed E-state index contributed by atoms with van der Waals surface area (Å²) in [7, 11) is -3.71. The Kier molecular flexibility index (Phi) is 6.92. The minimum absolute atomic E-state index is 0.158. The molecule has 0 saturated heterocycles. The smallest absolute Gasteiger partial charge is 0.241 e. The predicted molar refractivity (Wildman–Crippen MR) is 106 cm³/mol. The van der Waals surface area contributed by atoms with Crippen LogP contribution in [0.25, 0.3) is 0 Å². The standard InChI is InChI=1S/C18H20Cl2N2O3S/c1-3-16(13-7-5-4-6-8-13)21-18(23)12-22(26(2,24)25)17-10-9-14(19)11-15(17)20/h4-11,16H,3,12H2,1-2H3,(H,21,23)/t16-/m0/s1. The summed E-state index contributed by atoms with van der Waals surface area (Å²) >= 11 is 12.0. The lowest BCUT2D eigenvalue weighted by Gasteiger charge is -2.25. The normalized spacial score (nSPS) is 12.5. The first-order chi connectivity index (χ1) is 12.2. The summed E-state index contributed by atoms with van der Waals surface area (Å²) < 4.78 is 25.3. The van der Waals surface area contributed by atoms with Gasteiger partial charge in [0.05, 0.1) is 23.0 Å². The lowest BCUT2D eigenvalue weighted by atomic mass is 10.0. The van der Waals surface area contributed by atoms with Gasteiger partial charge in [-0.1, -0.05) is 60.5 Å². The third-order valence-electron chi connectivity index (χ3n) is 3.81. The average Bonchev–Trinajstić information content (AvgIpc) is 2.58. The molecule has 2 aromatic rings. The van der Waals surface area contributed by atoms with E-state index in [1.54, 1.807) is 0 Å². The topological polar surface area (TPSA) is 66.5 Å². The Balaban J connectivity index is 2.22. The number of amides is 1. The summed E-state index contributed by atoms with van der Waals surface area (Å²) in [5, 5.41) is 3.41. The van der Waals surface area contributed by atoms with E-state index >= 15 is 0 Å². The number of carbonyl (C=O) groups is 1. The molecule has 0 unspecified atom stereocenters. The van der Waals surface area contributed by atoms with E-state index in [0.29, 0.717) is 11.4 Å². The van der Waals surface area contributed by atoms with E-state index in [9.17, 15) is 13.2 Å². The Morgan fingerprint density at radius 1 is 1.15 bits per heavy atom. The summed E-state index contributed by atoms with van der Waals surface area (Å²) in [5.41, 5.74) is 1.17. The highest BCUT2D eigenvalue weighted by Crippen LogP contribution is 2.30. The van der Waals surface area contributed by atoms with E-state index in [4.69, 9.17) is 23.2 Å². The molecule has 0 aliphatic rings. The maximum Gasteiger partial charge on any atom is 0.241 e. The minimum atomic E-state index is -3.71. The van der Waals surface area contributed by atoms with Crippen LogP contribution in [-0.2, 0) is 14.8 Å². The van der Waals surface area contributed by atoms with Crippen molar-refractivity contribution in [3.63, 3.8) is 0 Å². The van der Waals surface area contributed by atoms with Crippen LogP contribution in [0.15, 0.2) is 48.5 Å². The Labute approximate surface area is 164 Å². The molecular formula is C18H20Cl2N2O3S. The Morgan fingerprint density at radius 2 is 1.81 bits per heavy atom. The second-order valence-electron chi connectivity index (χ2n) is 5.80.